The summed E-state index contributed by atoms with van der Waals surface area (Å²) in [7, 11) is 0. The van der Waals surface area contributed by atoms with E-state index in [2.05, 4.69) is 15.6 Å². The number of aromatic nitrogens is 3. The Kier molecular flexibility index (Phi) is 2.22. The number of pyridine rings is 1. The number of benzene rings is 1. The number of nitrogens with two attached hydrogens (primary N) is 1. The summed E-state index contributed by atoms with van der Waals surface area (Å²) < 4.78 is 1.54. The molecule has 0 aliphatic heterocycles. The molecule has 4 aromatic rings. The van der Waals surface area contributed by atoms with Crippen LogP contribution in [0.3, 0.4) is 0 Å². The van der Waals surface area contributed by atoms with Crippen molar-refractivity contribution in [3.8, 4) is 11.1 Å². The van der Waals surface area contributed by atoms with Crippen molar-refractivity contribution in [2.24, 2.45) is 0 Å². The highest BCUT2D eigenvalue weighted by molar-refractivity contribution is 7.08. The Morgan fingerprint density at radius 3 is 2.90 bits per heavy atom. The molecule has 3 heterocycles. The van der Waals surface area contributed by atoms with Crippen LogP contribution in [-0.2, 0) is 0 Å². The Morgan fingerprint density at radius 2 is 2.10 bits per heavy atom. The summed E-state index contributed by atoms with van der Waals surface area (Å²) >= 11 is 1.64. The maximum absolute atomic E-state index is 11.9. The summed E-state index contributed by atoms with van der Waals surface area (Å²) in [6, 6.07) is 9.67. The summed E-state index contributed by atoms with van der Waals surface area (Å²) in [6.45, 7) is 0. The Balaban J connectivity index is 2.17. The first-order valence-electron chi connectivity index (χ1n) is 6.06. The lowest BCUT2D eigenvalue weighted by Crippen LogP contribution is -2.10. The lowest BCUT2D eigenvalue weighted by molar-refractivity contribution is 1.04. The van der Waals surface area contributed by atoms with E-state index in [1.807, 2.05) is 29.6 Å². The Hall–Kier alpha value is -2.60. The molecule has 98 valence electrons. The fourth-order valence-electron chi connectivity index (χ4n) is 2.42. The molecule has 0 spiro atoms. The number of thiophene rings is 1. The van der Waals surface area contributed by atoms with Gasteiger partial charge in [0.25, 0.3) is 0 Å². The van der Waals surface area contributed by atoms with Crippen molar-refractivity contribution in [3.05, 3.63) is 51.6 Å². The van der Waals surface area contributed by atoms with Gasteiger partial charge in [-0.2, -0.15) is 16.4 Å². The zero-order valence-corrected chi connectivity index (χ0v) is 11.1. The predicted molar refractivity (Wildman–Crippen MR) is 81.0 cm³/mol. The maximum atomic E-state index is 11.9. The number of hydrogen-bond donors (Lipinski definition) is 2. The van der Waals surface area contributed by atoms with Gasteiger partial charge in [0.15, 0.2) is 5.65 Å². The zero-order chi connectivity index (χ0) is 13.7. The second kappa shape index (κ2) is 3.94. The number of nitrogens with zero attached hydrogens (tertiary/aromatic N) is 2. The number of nitrogen functional groups attached to an aromatic ring is 1. The van der Waals surface area contributed by atoms with Crippen LogP contribution in [0.25, 0.3) is 27.7 Å². The van der Waals surface area contributed by atoms with Gasteiger partial charge < -0.3 is 5.73 Å². The minimum Gasteiger partial charge on any atom is -0.398 e. The number of hydrogen-bond acceptors (Lipinski definition) is 4. The van der Waals surface area contributed by atoms with Gasteiger partial charge in [0.05, 0.1) is 5.52 Å². The third-order valence-corrected chi connectivity index (χ3v) is 4.07. The number of aromatic amines is 1. The van der Waals surface area contributed by atoms with Crippen molar-refractivity contribution in [1.82, 2.24) is 14.6 Å². The molecule has 3 N–H and O–H groups in total. The van der Waals surface area contributed by atoms with Crippen LogP contribution in [0.15, 0.2) is 45.9 Å². The lowest BCUT2D eigenvalue weighted by atomic mass is 10.1. The summed E-state index contributed by atoms with van der Waals surface area (Å²) in [6.07, 6.45) is 0. The molecule has 0 fully saturated rings. The molecule has 5 nitrogen and oxygen atoms in total. The first-order valence-corrected chi connectivity index (χ1v) is 7.00. The first kappa shape index (κ1) is 11.2. The molecular formula is C14H10N4OS. The molecule has 1 aromatic carbocycles. The van der Waals surface area contributed by atoms with Crippen molar-refractivity contribution in [3.63, 3.8) is 0 Å². The minimum atomic E-state index is -0.257. The largest absolute Gasteiger partial charge is 0.398 e. The van der Waals surface area contributed by atoms with Crippen molar-refractivity contribution in [1.29, 1.82) is 0 Å². The van der Waals surface area contributed by atoms with Gasteiger partial charge in [-0.25, -0.2) is 14.3 Å². The van der Waals surface area contributed by atoms with Crippen molar-refractivity contribution in [2.75, 3.05) is 5.73 Å². The average Bonchev–Trinajstić information content (AvgIpc) is 3.09. The van der Waals surface area contributed by atoms with Crippen molar-refractivity contribution in [2.45, 2.75) is 0 Å². The Bertz CT molecular complexity index is 982. The van der Waals surface area contributed by atoms with Gasteiger partial charge >= 0.3 is 5.69 Å². The van der Waals surface area contributed by atoms with Crippen LogP contribution in [0.4, 0.5) is 5.69 Å². The molecule has 0 saturated carbocycles. The lowest BCUT2D eigenvalue weighted by Gasteiger charge is -2.06. The Morgan fingerprint density at radius 1 is 1.20 bits per heavy atom. The third-order valence-electron chi connectivity index (χ3n) is 3.39. The van der Waals surface area contributed by atoms with Gasteiger partial charge in [0.2, 0.25) is 0 Å². The molecule has 0 saturated heterocycles. The fourth-order valence-corrected chi connectivity index (χ4v) is 3.09. The zero-order valence-electron chi connectivity index (χ0n) is 10.3. The summed E-state index contributed by atoms with van der Waals surface area (Å²) in [4.78, 5) is 11.9. The number of anilines is 1. The molecular weight excluding hydrogens is 272 g/mol. The van der Waals surface area contributed by atoms with Crippen LogP contribution in [0, 0.1) is 0 Å². The van der Waals surface area contributed by atoms with Crippen molar-refractivity contribution < 1.29 is 0 Å². The van der Waals surface area contributed by atoms with E-state index >= 15 is 0 Å². The van der Waals surface area contributed by atoms with Gasteiger partial charge in [-0.05, 0) is 34.0 Å². The van der Waals surface area contributed by atoms with E-state index in [4.69, 9.17) is 5.73 Å². The van der Waals surface area contributed by atoms with E-state index in [1.54, 1.807) is 21.8 Å². The molecule has 0 aliphatic carbocycles. The minimum absolute atomic E-state index is 0.257. The third kappa shape index (κ3) is 1.48. The standard InChI is InChI=1S/C14H10N4OS/c15-11-6-13-16-17-14(19)18(13)12-5-8(1-2-10(11)12)9-3-4-20-7-9/h1-7H,15H2,(H,17,19). The van der Waals surface area contributed by atoms with Gasteiger partial charge in [-0.3, -0.25) is 0 Å². The van der Waals surface area contributed by atoms with Gasteiger partial charge in [0.1, 0.15) is 0 Å². The summed E-state index contributed by atoms with van der Waals surface area (Å²) in [5.74, 6) is 0. The molecule has 0 atom stereocenters. The van der Waals surface area contributed by atoms with Crippen LogP contribution < -0.4 is 11.4 Å². The Labute approximate surface area is 117 Å². The molecule has 0 unspecified atom stereocenters. The quantitative estimate of drug-likeness (QED) is 0.563. The second-order valence-corrected chi connectivity index (χ2v) is 5.35. The van der Waals surface area contributed by atoms with E-state index in [-0.39, 0.29) is 5.69 Å². The SMILES string of the molecule is Nc1cc2n[nH]c(=O)n2c2cc(-c3ccsc3)ccc12. The van der Waals surface area contributed by atoms with Gasteiger partial charge in [0, 0.05) is 17.1 Å². The smallest absolute Gasteiger partial charge is 0.348 e. The van der Waals surface area contributed by atoms with Crippen LogP contribution in [0.1, 0.15) is 0 Å². The highest BCUT2D eigenvalue weighted by atomic mass is 32.1. The number of H-pyrrole nitrogens is 1. The van der Waals surface area contributed by atoms with Crippen molar-refractivity contribution >= 4 is 33.6 Å². The number of nitrogens with one attached hydrogen (secondary N) is 1. The molecule has 0 bridgehead atoms. The van der Waals surface area contributed by atoms with E-state index < -0.39 is 0 Å². The second-order valence-electron chi connectivity index (χ2n) is 4.57. The van der Waals surface area contributed by atoms with Crippen LogP contribution in [-0.4, -0.2) is 14.6 Å². The average molecular weight is 282 g/mol. The topological polar surface area (TPSA) is 76.2 Å². The molecule has 4 rings (SSSR count). The monoisotopic (exact) mass is 282 g/mol. The van der Waals surface area contributed by atoms with E-state index in [0.29, 0.717) is 11.3 Å². The molecule has 20 heavy (non-hydrogen) atoms. The number of fused-ring (bicyclic) bond motifs is 3. The number of rotatable bonds is 1. The molecule has 6 heteroatoms. The molecule has 3 aromatic heterocycles. The first-order chi connectivity index (χ1) is 9.74. The summed E-state index contributed by atoms with van der Waals surface area (Å²) in [5.41, 5.74) is 9.87. The molecule has 0 radical (unpaired) electrons. The van der Waals surface area contributed by atoms with E-state index in [9.17, 15) is 4.79 Å². The van der Waals surface area contributed by atoms with Crippen LogP contribution >= 0.6 is 11.3 Å². The van der Waals surface area contributed by atoms with Gasteiger partial charge in [-0.1, -0.05) is 12.1 Å². The predicted octanol–water partition coefficient (Wildman–Crippen LogP) is 2.49. The van der Waals surface area contributed by atoms with E-state index in [1.165, 1.54) is 0 Å². The normalized spacial score (nSPS) is 11.4. The fraction of sp³-hybridized carbons (Fsp3) is 0. The van der Waals surface area contributed by atoms with Gasteiger partial charge in [-0.15, -0.1) is 0 Å². The molecule has 0 amide bonds. The maximum Gasteiger partial charge on any atom is 0.348 e. The highest BCUT2D eigenvalue weighted by Crippen LogP contribution is 2.28. The molecule has 0 aliphatic rings. The van der Waals surface area contributed by atoms with E-state index in [0.717, 1.165) is 22.0 Å². The van der Waals surface area contributed by atoms with Crippen LogP contribution in [0.5, 0.6) is 0 Å². The summed E-state index contributed by atoms with van der Waals surface area (Å²) in [5, 5.41) is 11.4. The highest BCUT2D eigenvalue weighted by Gasteiger charge is 2.10. The van der Waals surface area contributed by atoms with Crippen LogP contribution in [0.2, 0.25) is 0 Å².